The molecule has 2 aliphatic rings. The van der Waals surface area contributed by atoms with Crippen LogP contribution in [0.25, 0.3) is 5.52 Å². The number of nitrogens with two attached hydrogens (primary N) is 1. The summed E-state index contributed by atoms with van der Waals surface area (Å²) >= 11 is 0. The summed E-state index contributed by atoms with van der Waals surface area (Å²) in [6.07, 6.45) is 5.03. The van der Waals surface area contributed by atoms with Crippen LogP contribution in [0.3, 0.4) is 0 Å². The second-order valence-electron chi connectivity index (χ2n) is 6.51. The molecule has 2 aromatic rings. The topological polar surface area (TPSA) is 72.7 Å². The van der Waals surface area contributed by atoms with E-state index < -0.39 is 17.1 Å². The molecule has 1 saturated carbocycles. The first-order valence-corrected chi connectivity index (χ1v) is 8.01. The summed E-state index contributed by atoms with van der Waals surface area (Å²) in [6, 6.07) is 0. The van der Waals surface area contributed by atoms with Gasteiger partial charge in [-0.2, -0.15) is 4.68 Å². The van der Waals surface area contributed by atoms with E-state index in [4.69, 9.17) is 5.84 Å². The summed E-state index contributed by atoms with van der Waals surface area (Å²) < 4.78 is 16.4. The highest BCUT2D eigenvalue weighted by Gasteiger charge is 2.32. The van der Waals surface area contributed by atoms with E-state index >= 15 is 0 Å². The molecule has 2 aromatic heterocycles. The summed E-state index contributed by atoms with van der Waals surface area (Å²) in [6.45, 7) is 3.38. The minimum atomic E-state index is -0.704. The van der Waals surface area contributed by atoms with Gasteiger partial charge in [0.2, 0.25) is 0 Å². The van der Waals surface area contributed by atoms with Crippen LogP contribution in [0.15, 0.2) is 15.8 Å². The molecule has 122 valence electrons. The van der Waals surface area contributed by atoms with Crippen molar-refractivity contribution in [3.63, 3.8) is 0 Å². The first kappa shape index (κ1) is 14.3. The number of aromatic nitrogens is 2. The second-order valence-corrected chi connectivity index (χ2v) is 6.51. The minimum Gasteiger partial charge on any atom is -0.369 e. The summed E-state index contributed by atoms with van der Waals surface area (Å²) in [5.41, 5.74) is 1.09. The van der Waals surface area contributed by atoms with Crippen LogP contribution in [0.4, 0.5) is 10.1 Å². The van der Waals surface area contributed by atoms with Gasteiger partial charge in [-0.15, -0.1) is 0 Å². The van der Waals surface area contributed by atoms with Crippen LogP contribution in [-0.2, 0) is 0 Å². The smallest absolute Gasteiger partial charge is 0.354 e. The Kier molecular flexibility index (Phi) is 3.01. The molecule has 0 amide bonds. The van der Waals surface area contributed by atoms with E-state index in [-0.39, 0.29) is 5.92 Å². The van der Waals surface area contributed by atoms with Crippen molar-refractivity contribution in [3.05, 3.63) is 44.0 Å². The van der Waals surface area contributed by atoms with Crippen molar-refractivity contribution < 1.29 is 4.39 Å². The average Bonchev–Trinajstić information content (AvgIpc) is 3.21. The first-order valence-electron chi connectivity index (χ1n) is 8.01. The van der Waals surface area contributed by atoms with Crippen molar-refractivity contribution in [2.45, 2.75) is 38.5 Å². The number of rotatable bonds is 2. The predicted molar refractivity (Wildman–Crippen MR) is 86.2 cm³/mol. The average molecular weight is 318 g/mol. The zero-order valence-corrected chi connectivity index (χ0v) is 13.0. The molecule has 6 nitrogen and oxygen atoms in total. The lowest BCUT2D eigenvalue weighted by Gasteiger charge is -2.23. The molecule has 0 unspecified atom stereocenters. The maximum Gasteiger partial charge on any atom is 0.354 e. The number of nitrogen functional groups attached to an aromatic ring is 1. The molecule has 3 heterocycles. The number of halogens is 1. The van der Waals surface area contributed by atoms with Gasteiger partial charge in [0, 0.05) is 24.2 Å². The molecule has 4 rings (SSSR count). The van der Waals surface area contributed by atoms with E-state index in [0.717, 1.165) is 38.8 Å². The highest BCUT2D eigenvalue weighted by atomic mass is 19.1. The molecule has 1 aliphatic carbocycles. The van der Waals surface area contributed by atoms with Gasteiger partial charge in [-0.25, -0.2) is 9.18 Å². The quantitative estimate of drug-likeness (QED) is 0.842. The highest BCUT2D eigenvalue weighted by molar-refractivity contribution is 5.72. The van der Waals surface area contributed by atoms with Crippen molar-refractivity contribution in [2.75, 3.05) is 23.8 Å². The maximum atomic E-state index is 14.7. The maximum absolute atomic E-state index is 14.7. The van der Waals surface area contributed by atoms with Crippen molar-refractivity contribution >= 4 is 11.2 Å². The number of aryl methyl sites for hydroxylation is 1. The summed E-state index contributed by atoms with van der Waals surface area (Å²) in [5.74, 6) is 5.28. The van der Waals surface area contributed by atoms with Crippen LogP contribution >= 0.6 is 0 Å². The molecule has 1 aliphatic heterocycles. The van der Waals surface area contributed by atoms with Crippen molar-refractivity contribution in [2.24, 2.45) is 0 Å². The Balaban J connectivity index is 2.13. The van der Waals surface area contributed by atoms with Crippen LogP contribution < -0.4 is 22.0 Å². The number of nitrogens with zero attached hydrogens (tertiary/aromatic N) is 3. The van der Waals surface area contributed by atoms with Gasteiger partial charge in [-0.05, 0) is 38.5 Å². The third-order valence-corrected chi connectivity index (χ3v) is 4.94. The van der Waals surface area contributed by atoms with Gasteiger partial charge < -0.3 is 10.7 Å². The Morgan fingerprint density at radius 1 is 1.22 bits per heavy atom. The van der Waals surface area contributed by atoms with E-state index in [2.05, 4.69) is 0 Å². The molecular formula is C16H19FN4O2. The van der Waals surface area contributed by atoms with Gasteiger partial charge >= 0.3 is 5.69 Å². The van der Waals surface area contributed by atoms with Gasteiger partial charge in [0.15, 0.2) is 5.82 Å². The van der Waals surface area contributed by atoms with Gasteiger partial charge in [0.1, 0.15) is 0 Å². The lowest BCUT2D eigenvalue weighted by molar-refractivity contribution is 0.608. The van der Waals surface area contributed by atoms with E-state index in [1.807, 2.05) is 4.90 Å². The fourth-order valence-corrected chi connectivity index (χ4v) is 3.70. The van der Waals surface area contributed by atoms with Gasteiger partial charge in [0.25, 0.3) is 5.56 Å². The van der Waals surface area contributed by atoms with Gasteiger partial charge in [-0.3, -0.25) is 9.20 Å². The fraction of sp³-hybridized carbons (Fsp3) is 0.500. The highest BCUT2D eigenvalue weighted by Crippen LogP contribution is 2.42. The summed E-state index contributed by atoms with van der Waals surface area (Å²) in [7, 11) is 0. The molecule has 0 aromatic carbocycles. The molecule has 23 heavy (non-hydrogen) atoms. The normalized spacial score (nSPS) is 18.1. The van der Waals surface area contributed by atoms with Gasteiger partial charge in [-0.1, -0.05) is 0 Å². The van der Waals surface area contributed by atoms with Crippen molar-refractivity contribution in [1.29, 1.82) is 0 Å². The Hall–Kier alpha value is -2.31. The zero-order valence-electron chi connectivity index (χ0n) is 13.0. The number of fused-ring (bicyclic) bond motifs is 1. The zero-order chi connectivity index (χ0) is 16.3. The summed E-state index contributed by atoms with van der Waals surface area (Å²) in [5, 5.41) is 0. The molecule has 2 N–H and O–H groups in total. The molecule has 2 fully saturated rings. The predicted octanol–water partition coefficient (Wildman–Crippen LogP) is 1.10. The van der Waals surface area contributed by atoms with Crippen LogP contribution in [0, 0.1) is 12.7 Å². The third kappa shape index (κ3) is 1.99. The Morgan fingerprint density at radius 3 is 2.48 bits per heavy atom. The second kappa shape index (κ2) is 4.84. The Morgan fingerprint density at radius 2 is 1.87 bits per heavy atom. The van der Waals surface area contributed by atoms with E-state index in [1.54, 1.807) is 6.92 Å². The number of anilines is 1. The van der Waals surface area contributed by atoms with Gasteiger partial charge in [0.05, 0.1) is 17.4 Å². The fourth-order valence-electron chi connectivity index (χ4n) is 3.70. The third-order valence-electron chi connectivity index (χ3n) is 4.94. The van der Waals surface area contributed by atoms with E-state index in [1.165, 1.54) is 10.6 Å². The number of pyridine rings is 1. The van der Waals surface area contributed by atoms with Crippen LogP contribution in [0.2, 0.25) is 0 Å². The minimum absolute atomic E-state index is 0.114. The molecular weight excluding hydrogens is 299 g/mol. The molecule has 0 bridgehead atoms. The molecule has 0 radical (unpaired) electrons. The summed E-state index contributed by atoms with van der Waals surface area (Å²) in [4.78, 5) is 26.8. The van der Waals surface area contributed by atoms with E-state index in [0.29, 0.717) is 27.0 Å². The lowest BCUT2D eigenvalue weighted by atomic mass is 10.1. The standard InChI is InChI=1S/C16H19FN4O2/c1-9-13(19-6-2-3-7-19)11(17)8-20-14(9)12(10-4-5-10)15(22)21(18)16(20)23/h8,10H,2-7,18H2,1H3. The Bertz CT molecular complexity index is 921. The molecule has 0 spiro atoms. The number of hydrogen-bond acceptors (Lipinski definition) is 4. The largest absolute Gasteiger partial charge is 0.369 e. The van der Waals surface area contributed by atoms with Crippen molar-refractivity contribution in [3.8, 4) is 0 Å². The van der Waals surface area contributed by atoms with Crippen LogP contribution in [-0.4, -0.2) is 22.2 Å². The van der Waals surface area contributed by atoms with E-state index in [9.17, 15) is 14.0 Å². The molecule has 0 atom stereocenters. The number of hydrogen-bond donors (Lipinski definition) is 1. The molecule has 1 saturated heterocycles. The SMILES string of the molecule is Cc1c(N2CCCC2)c(F)cn2c(=O)n(N)c(=O)c(C3CC3)c12. The lowest BCUT2D eigenvalue weighted by Crippen LogP contribution is -2.44. The van der Waals surface area contributed by atoms with Crippen LogP contribution in [0.1, 0.15) is 42.7 Å². The first-order chi connectivity index (χ1) is 11.0. The molecule has 7 heteroatoms. The van der Waals surface area contributed by atoms with Crippen LogP contribution in [0.5, 0.6) is 0 Å². The monoisotopic (exact) mass is 318 g/mol. The van der Waals surface area contributed by atoms with Crippen molar-refractivity contribution in [1.82, 2.24) is 9.08 Å². The Labute approximate surface area is 131 Å².